The van der Waals surface area contributed by atoms with Crippen LogP contribution in [-0.4, -0.2) is 126 Å². The normalized spacial score (nSPS) is 20.0. The van der Waals surface area contributed by atoms with Crippen LogP contribution in [0.15, 0.2) is 53.3 Å². The number of carbonyl (C=O) groups is 2. The van der Waals surface area contributed by atoms with Crippen molar-refractivity contribution in [3.8, 4) is 5.75 Å². The second kappa shape index (κ2) is 20.0. The number of methoxy groups -OCH3 is 1. The van der Waals surface area contributed by atoms with Crippen molar-refractivity contribution in [2.45, 2.75) is 76.8 Å². The molecule has 0 spiro atoms. The lowest BCUT2D eigenvalue weighted by molar-refractivity contribution is -0.134. The highest BCUT2D eigenvalue weighted by atomic mass is 79.9. The van der Waals surface area contributed by atoms with E-state index in [1.165, 1.54) is 17.7 Å². The minimum atomic E-state index is -2.79. The van der Waals surface area contributed by atoms with Crippen LogP contribution in [0.3, 0.4) is 0 Å². The van der Waals surface area contributed by atoms with Crippen LogP contribution >= 0.6 is 23.1 Å². The molecular weight excluding hydrogens is 955 g/mol. The molecule has 5 aromatic rings. The Morgan fingerprint density at radius 2 is 1.51 bits per heavy atom. The number of aromatic nitrogens is 4. The molecule has 4 fully saturated rings. The predicted octanol–water partition coefficient (Wildman–Crippen LogP) is 7.71. The maximum Gasteiger partial charge on any atom is 0.234 e. The zero-order chi connectivity index (χ0) is 47.9. The van der Waals surface area contributed by atoms with Crippen LogP contribution in [0, 0.1) is 11.6 Å². The number of benzene rings is 3. The molecule has 2 aromatic heterocycles. The molecule has 4 saturated heterocycles. The molecule has 360 valence electrons. The quantitative estimate of drug-likeness (QED) is 0.0777. The maximum absolute atomic E-state index is 15.3. The minimum absolute atomic E-state index is 0.0614. The first-order valence-corrected chi connectivity index (χ1v) is 27.0. The fourth-order valence-electron chi connectivity index (χ4n) is 10.5. The number of nitrogens with one attached hydrogen (secondary N) is 3. The Kier molecular flexibility index (Phi) is 14.0. The Bertz CT molecular complexity index is 2760. The van der Waals surface area contributed by atoms with Gasteiger partial charge in [-0.15, -0.1) is 0 Å². The van der Waals surface area contributed by atoms with Crippen molar-refractivity contribution in [3.05, 3.63) is 81.9 Å². The molecule has 0 aliphatic carbocycles. The van der Waals surface area contributed by atoms with E-state index in [2.05, 4.69) is 80.6 Å². The van der Waals surface area contributed by atoms with Crippen LogP contribution in [0.25, 0.3) is 10.9 Å². The number of nitrogens with zero attached hydrogens (tertiary/aromatic N) is 8. The van der Waals surface area contributed by atoms with Gasteiger partial charge >= 0.3 is 0 Å². The van der Waals surface area contributed by atoms with Gasteiger partial charge in [-0.05, 0) is 97.3 Å². The lowest BCUT2D eigenvalue weighted by Gasteiger charge is -2.44. The summed E-state index contributed by atoms with van der Waals surface area (Å²) < 4.78 is 51.0. The minimum Gasteiger partial charge on any atom is -0.494 e. The number of piperidine rings is 2. The molecule has 0 radical (unpaired) electrons. The van der Waals surface area contributed by atoms with E-state index in [9.17, 15) is 14.2 Å². The smallest absolute Gasteiger partial charge is 0.234 e. The number of fused-ring (bicyclic) bond motifs is 1. The number of rotatable bonds is 13. The topological polar surface area (TPSA) is 161 Å². The lowest BCUT2D eigenvalue weighted by Crippen LogP contribution is -2.55. The highest BCUT2D eigenvalue weighted by molar-refractivity contribution is 9.10. The van der Waals surface area contributed by atoms with Crippen LogP contribution in [0.4, 0.5) is 43.3 Å². The Balaban J connectivity index is 0.806. The van der Waals surface area contributed by atoms with Crippen LogP contribution < -0.4 is 35.8 Å². The first-order valence-electron chi connectivity index (χ1n) is 23.6. The summed E-state index contributed by atoms with van der Waals surface area (Å²) >= 11 is 3.61. The molecule has 9 rings (SSSR count). The van der Waals surface area contributed by atoms with E-state index in [1.807, 2.05) is 24.0 Å². The third-order valence-electron chi connectivity index (χ3n) is 14.0. The van der Waals surface area contributed by atoms with Gasteiger partial charge in [0.05, 0.1) is 34.4 Å². The predicted molar refractivity (Wildman–Crippen MR) is 267 cm³/mol. The number of ether oxygens (including phenoxy) is 1. The summed E-state index contributed by atoms with van der Waals surface area (Å²) in [6, 6.07) is 11.5. The van der Waals surface area contributed by atoms with Gasteiger partial charge in [0, 0.05) is 123 Å². The number of amides is 2. The standard InChI is InChI=1S/C49H59BrF2N11O4P/c1-6-29-22-40(57-49-54-27-35(50)47(59-49)56-39-10-9-38-34(46(39)68(4,5)66)26-53-43(7-2)55-38)42(67-3)25-41(29)62-15-12-30(13-16-62)60-18-20-61(21-19-60)31-14-17-63(28-31)32-23-36(51)45(37(52)24-32)33-8-11-44(64)58-48(33)65/h9-10,22-27,30-31,33H,6-8,11-21,28H2,1-5H3,(H,58,64,65)(H2,54,56,57,59)/t31-,33+/m0/s1. The molecule has 3 N–H and O–H groups in total. The van der Waals surface area contributed by atoms with Gasteiger partial charge in [0.15, 0.2) is 0 Å². The molecule has 68 heavy (non-hydrogen) atoms. The van der Waals surface area contributed by atoms with E-state index < -0.39 is 36.5 Å². The number of aryl methyl sites for hydroxylation is 2. The molecule has 4 aliphatic heterocycles. The van der Waals surface area contributed by atoms with E-state index in [0.717, 1.165) is 93.1 Å². The Labute approximate surface area is 404 Å². The summed E-state index contributed by atoms with van der Waals surface area (Å²) in [6.45, 7) is 14.7. The molecule has 0 unspecified atom stereocenters. The number of piperazine rings is 1. The van der Waals surface area contributed by atoms with Crippen molar-refractivity contribution in [2.24, 2.45) is 0 Å². The maximum atomic E-state index is 15.3. The first kappa shape index (κ1) is 47.8. The van der Waals surface area contributed by atoms with Gasteiger partial charge < -0.3 is 29.7 Å². The largest absolute Gasteiger partial charge is 0.494 e. The zero-order valence-corrected chi connectivity index (χ0v) is 41.7. The second-order valence-corrected chi connectivity index (χ2v) is 22.6. The molecule has 0 bridgehead atoms. The Morgan fingerprint density at radius 1 is 0.824 bits per heavy atom. The number of hydrogen-bond donors (Lipinski definition) is 3. The van der Waals surface area contributed by atoms with Gasteiger partial charge in [-0.25, -0.2) is 23.7 Å². The lowest BCUT2D eigenvalue weighted by atomic mass is 9.89. The SMILES string of the molecule is CCc1ncc2c(P(C)(C)=O)c(Nc3nc(Nc4cc(CC)c(N5CCC(N6CCN([C@H]7CCN(c8cc(F)c([C@H]9CCC(=O)NC9=O)c(F)c8)C7)CC6)CC5)cc4OC)ncc3Br)ccc2n1. The third-order valence-corrected chi connectivity index (χ3v) is 16.2. The molecule has 0 saturated carbocycles. The Morgan fingerprint density at radius 3 is 2.18 bits per heavy atom. The monoisotopic (exact) mass is 1010 g/mol. The van der Waals surface area contributed by atoms with E-state index in [-0.39, 0.29) is 18.4 Å². The van der Waals surface area contributed by atoms with E-state index in [0.29, 0.717) is 70.3 Å². The molecule has 3 aromatic carbocycles. The summed E-state index contributed by atoms with van der Waals surface area (Å²) in [6.07, 6.45) is 8.14. The number of hydrogen-bond acceptors (Lipinski definition) is 14. The molecule has 19 heteroatoms. The third kappa shape index (κ3) is 9.92. The average molecular weight is 1010 g/mol. The van der Waals surface area contributed by atoms with Crippen LogP contribution in [0.1, 0.15) is 68.8 Å². The number of halogens is 3. The van der Waals surface area contributed by atoms with E-state index in [1.54, 1.807) is 32.8 Å². The Hall–Kier alpha value is -5.29. The summed E-state index contributed by atoms with van der Waals surface area (Å²) in [4.78, 5) is 52.2. The molecule has 2 atom stereocenters. The van der Waals surface area contributed by atoms with Crippen molar-refractivity contribution in [2.75, 3.05) is 93.2 Å². The molecule has 2 amide bonds. The summed E-state index contributed by atoms with van der Waals surface area (Å²) in [5.41, 5.74) is 4.75. The number of anilines is 6. The van der Waals surface area contributed by atoms with E-state index >= 15 is 8.78 Å². The van der Waals surface area contributed by atoms with Gasteiger partial charge in [0.2, 0.25) is 17.8 Å². The highest BCUT2D eigenvalue weighted by Gasteiger charge is 2.36. The zero-order valence-electron chi connectivity index (χ0n) is 39.2. The van der Waals surface area contributed by atoms with E-state index in [4.69, 9.17) is 9.72 Å². The van der Waals surface area contributed by atoms with Crippen molar-refractivity contribution >= 4 is 85.6 Å². The number of imide groups is 1. The first-order chi connectivity index (χ1) is 32.7. The van der Waals surface area contributed by atoms with Gasteiger partial charge in [0.25, 0.3) is 0 Å². The van der Waals surface area contributed by atoms with Gasteiger partial charge in [-0.2, -0.15) is 4.98 Å². The fourth-order valence-corrected chi connectivity index (χ4v) is 12.2. The van der Waals surface area contributed by atoms with Crippen LogP contribution in [0.5, 0.6) is 5.75 Å². The van der Waals surface area contributed by atoms with Crippen LogP contribution in [-0.2, 0) is 27.0 Å². The number of carbonyl (C=O) groups excluding carboxylic acids is 2. The van der Waals surface area contributed by atoms with Gasteiger partial charge in [0.1, 0.15) is 36.2 Å². The fraction of sp³-hybridized carbons (Fsp3) is 0.469. The van der Waals surface area contributed by atoms with Crippen LogP contribution in [0.2, 0.25) is 0 Å². The van der Waals surface area contributed by atoms with Crippen molar-refractivity contribution in [3.63, 3.8) is 0 Å². The highest BCUT2D eigenvalue weighted by Crippen LogP contribution is 2.43. The summed E-state index contributed by atoms with van der Waals surface area (Å²) in [5.74, 6) is -1.26. The average Bonchev–Trinajstić information content (AvgIpc) is 3.83. The summed E-state index contributed by atoms with van der Waals surface area (Å²) in [5, 5.41) is 10.4. The molecular formula is C49H59BrF2N11O4P. The summed E-state index contributed by atoms with van der Waals surface area (Å²) in [7, 11) is -1.12. The molecule has 4 aliphatic rings. The molecule has 15 nitrogen and oxygen atoms in total. The molecule has 6 heterocycles. The van der Waals surface area contributed by atoms with Gasteiger partial charge in [-0.1, -0.05) is 13.8 Å². The van der Waals surface area contributed by atoms with Gasteiger partial charge in [-0.3, -0.25) is 24.7 Å². The van der Waals surface area contributed by atoms with Crippen molar-refractivity contribution in [1.29, 1.82) is 0 Å². The van der Waals surface area contributed by atoms with Crippen molar-refractivity contribution < 1.29 is 27.7 Å². The second-order valence-electron chi connectivity index (χ2n) is 18.6. The van der Waals surface area contributed by atoms with Crippen molar-refractivity contribution in [1.82, 2.24) is 35.1 Å².